The molecule has 0 saturated carbocycles. The Morgan fingerprint density at radius 2 is 1.79 bits per heavy atom. The number of aromatic nitrogens is 2. The van der Waals surface area contributed by atoms with Gasteiger partial charge >= 0.3 is 5.97 Å². The molecule has 1 aromatic carbocycles. The maximum atomic E-state index is 11.2. The summed E-state index contributed by atoms with van der Waals surface area (Å²) in [5, 5.41) is 9.22. The molecule has 2 aromatic rings. The number of rotatable bonds is 2. The number of hydrogen-bond donors (Lipinski definition) is 1. The summed E-state index contributed by atoms with van der Waals surface area (Å²) in [7, 11) is 1.68. The molecule has 2 rings (SSSR count). The standard InChI is InChI=1S/C15H18N2O2/c1-15(2,3)11-7-5-10(6-8-11)12-13(14(18)19)17(4)9-16-12/h5-9H,1-4H3,(H,18,19). The lowest BCUT2D eigenvalue weighted by molar-refractivity contribution is 0.0687. The van der Waals surface area contributed by atoms with E-state index in [0.717, 1.165) is 5.56 Å². The summed E-state index contributed by atoms with van der Waals surface area (Å²) >= 11 is 0. The van der Waals surface area contributed by atoms with Crippen molar-refractivity contribution >= 4 is 5.97 Å². The van der Waals surface area contributed by atoms with Crippen LogP contribution >= 0.6 is 0 Å². The maximum Gasteiger partial charge on any atom is 0.354 e. The van der Waals surface area contributed by atoms with E-state index in [1.807, 2.05) is 24.3 Å². The number of aromatic carboxylic acids is 1. The van der Waals surface area contributed by atoms with E-state index in [0.29, 0.717) is 5.69 Å². The number of nitrogens with zero attached hydrogens (tertiary/aromatic N) is 2. The molecule has 1 heterocycles. The maximum absolute atomic E-state index is 11.2. The minimum absolute atomic E-state index is 0.0816. The van der Waals surface area contributed by atoms with Crippen molar-refractivity contribution < 1.29 is 9.90 Å². The summed E-state index contributed by atoms with van der Waals surface area (Å²) in [6, 6.07) is 7.90. The Kier molecular flexibility index (Phi) is 3.18. The van der Waals surface area contributed by atoms with Gasteiger partial charge in [-0.3, -0.25) is 0 Å². The van der Waals surface area contributed by atoms with Gasteiger partial charge in [0.2, 0.25) is 0 Å². The Balaban J connectivity index is 2.46. The number of carbonyl (C=O) groups is 1. The third-order valence-electron chi connectivity index (χ3n) is 3.16. The normalized spacial score (nSPS) is 11.6. The predicted molar refractivity (Wildman–Crippen MR) is 74.3 cm³/mol. The lowest BCUT2D eigenvalue weighted by Crippen LogP contribution is -2.10. The molecule has 0 spiro atoms. The summed E-state index contributed by atoms with van der Waals surface area (Å²) in [6.07, 6.45) is 1.52. The fraction of sp³-hybridized carbons (Fsp3) is 0.333. The highest BCUT2D eigenvalue weighted by Gasteiger charge is 2.18. The van der Waals surface area contributed by atoms with Crippen LogP contribution in [0.25, 0.3) is 11.3 Å². The van der Waals surface area contributed by atoms with Crippen molar-refractivity contribution in [1.29, 1.82) is 0 Å². The zero-order chi connectivity index (χ0) is 14.2. The van der Waals surface area contributed by atoms with E-state index in [1.54, 1.807) is 7.05 Å². The van der Waals surface area contributed by atoms with Crippen LogP contribution in [0.4, 0.5) is 0 Å². The van der Waals surface area contributed by atoms with Crippen LogP contribution in [-0.2, 0) is 12.5 Å². The first-order chi connectivity index (χ1) is 8.80. The van der Waals surface area contributed by atoms with Gasteiger partial charge < -0.3 is 9.67 Å². The highest BCUT2D eigenvalue weighted by molar-refractivity contribution is 5.93. The van der Waals surface area contributed by atoms with Crippen LogP contribution in [-0.4, -0.2) is 20.6 Å². The van der Waals surface area contributed by atoms with Crippen molar-refractivity contribution in [2.45, 2.75) is 26.2 Å². The Hall–Kier alpha value is -2.10. The molecular formula is C15H18N2O2. The van der Waals surface area contributed by atoms with E-state index in [1.165, 1.54) is 16.5 Å². The molecule has 0 aliphatic carbocycles. The fourth-order valence-electron chi connectivity index (χ4n) is 2.02. The van der Waals surface area contributed by atoms with Crippen molar-refractivity contribution in [3.8, 4) is 11.3 Å². The summed E-state index contributed by atoms with van der Waals surface area (Å²) in [6.45, 7) is 6.43. The van der Waals surface area contributed by atoms with E-state index in [4.69, 9.17) is 0 Å². The third kappa shape index (κ3) is 2.52. The minimum Gasteiger partial charge on any atom is -0.477 e. The van der Waals surface area contributed by atoms with Gasteiger partial charge in [-0.15, -0.1) is 0 Å². The SMILES string of the molecule is Cn1cnc(-c2ccc(C(C)(C)C)cc2)c1C(=O)O. The Labute approximate surface area is 112 Å². The largest absolute Gasteiger partial charge is 0.477 e. The second-order valence-electron chi connectivity index (χ2n) is 5.69. The third-order valence-corrected chi connectivity index (χ3v) is 3.16. The molecule has 4 heteroatoms. The van der Waals surface area contributed by atoms with E-state index in [2.05, 4.69) is 25.8 Å². The van der Waals surface area contributed by atoms with E-state index in [-0.39, 0.29) is 11.1 Å². The van der Waals surface area contributed by atoms with Crippen LogP contribution in [0.15, 0.2) is 30.6 Å². The average molecular weight is 258 g/mol. The molecule has 1 N–H and O–H groups in total. The van der Waals surface area contributed by atoms with Gasteiger partial charge in [-0.2, -0.15) is 0 Å². The van der Waals surface area contributed by atoms with Gasteiger partial charge in [0, 0.05) is 12.6 Å². The van der Waals surface area contributed by atoms with E-state index < -0.39 is 5.97 Å². The van der Waals surface area contributed by atoms with Crippen molar-refractivity contribution in [2.24, 2.45) is 7.05 Å². The summed E-state index contributed by atoms with van der Waals surface area (Å²) in [5.74, 6) is -0.963. The monoisotopic (exact) mass is 258 g/mol. The van der Waals surface area contributed by atoms with Gasteiger partial charge in [0.05, 0.1) is 6.33 Å². The highest BCUT2D eigenvalue weighted by atomic mass is 16.4. The molecule has 100 valence electrons. The molecule has 0 unspecified atom stereocenters. The number of imidazole rings is 1. The molecule has 0 bridgehead atoms. The molecule has 0 fully saturated rings. The Bertz CT molecular complexity index is 604. The topological polar surface area (TPSA) is 55.1 Å². The van der Waals surface area contributed by atoms with Crippen LogP contribution in [0.1, 0.15) is 36.8 Å². The van der Waals surface area contributed by atoms with Crippen LogP contribution in [0, 0.1) is 0 Å². The fourth-order valence-corrected chi connectivity index (χ4v) is 2.02. The van der Waals surface area contributed by atoms with Crippen molar-refractivity contribution in [2.75, 3.05) is 0 Å². The van der Waals surface area contributed by atoms with Gasteiger partial charge in [-0.25, -0.2) is 9.78 Å². The van der Waals surface area contributed by atoms with Crippen LogP contribution in [0.3, 0.4) is 0 Å². The molecule has 0 saturated heterocycles. The molecule has 1 aromatic heterocycles. The molecule has 0 aliphatic rings. The minimum atomic E-state index is -0.963. The van der Waals surface area contributed by atoms with Gasteiger partial charge in [-0.1, -0.05) is 45.0 Å². The zero-order valence-electron chi connectivity index (χ0n) is 11.6. The first kappa shape index (κ1) is 13.3. The number of aryl methyl sites for hydroxylation is 1. The van der Waals surface area contributed by atoms with Gasteiger partial charge in [0.15, 0.2) is 5.69 Å². The van der Waals surface area contributed by atoms with Crippen molar-refractivity contribution in [3.05, 3.63) is 41.9 Å². The zero-order valence-corrected chi connectivity index (χ0v) is 11.6. The number of hydrogen-bond acceptors (Lipinski definition) is 2. The van der Waals surface area contributed by atoms with Gasteiger partial charge in [-0.05, 0) is 11.0 Å². The summed E-state index contributed by atoms with van der Waals surface area (Å²) < 4.78 is 1.52. The lowest BCUT2D eigenvalue weighted by Gasteiger charge is -2.19. The number of benzene rings is 1. The first-order valence-electron chi connectivity index (χ1n) is 6.16. The van der Waals surface area contributed by atoms with Crippen LogP contribution in [0.5, 0.6) is 0 Å². The van der Waals surface area contributed by atoms with Gasteiger partial charge in [0.25, 0.3) is 0 Å². The molecule has 0 atom stereocenters. The molecule has 19 heavy (non-hydrogen) atoms. The molecule has 0 radical (unpaired) electrons. The second-order valence-corrected chi connectivity index (χ2v) is 5.69. The lowest BCUT2D eigenvalue weighted by atomic mass is 9.86. The number of carboxylic acids is 1. The van der Waals surface area contributed by atoms with Crippen molar-refractivity contribution in [3.63, 3.8) is 0 Å². The Morgan fingerprint density at radius 1 is 1.21 bits per heavy atom. The quantitative estimate of drug-likeness (QED) is 0.900. The number of carboxylic acid groups (broad SMARTS) is 1. The first-order valence-corrected chi connectivity index (χ1v) is 6.16. The van der Waals surface area contributed by atoms with Crippen LogP contribution < -0.4 is 0 Å². The Morgan fingerprint density at radius 3 is 2.26 bits per heavy atom. The molecule has 0 aliphatic heterocycles. The van der Waals surface area contributed by atoms with E-state index in [9.17, 15) is 9.90 Å². The van der Waals surface area contributed by atoms with E-state index >= 15 is 0 Å². The smallest absolute Gasteiger partial charge is 0.354 e. The average Bonchev–Trinajstić information content (AvgIpc) is 2.70. The molecule has 0 amide bonds. The summed E-state index contributed by atoms with van der Waals surface area (Å²) in [5.41, 5.74) is 2.84. The van der Waals surface area contributed by atoms with Crippen molar-refractivity contribution in [1.82, 2.24) is 9.55 Å². The predicted octanol–water partition coefficient (Wildman–Crippen LogP) is 3.08. The molecular weight excluding hydrogens is 240 g/mol. The summed E-state index contributed by atoms with van der Waals surface area (Å²) in [4.78, 5) is 15.4. The second kappa shape index (κ2) is 4.53. The highest BCUT2D eigenvalue weighted by Crippen LogP contribution is 2.27. The van der Waals surface area contributed by atoms with Crippen LogP contribution in [0.2, 0.25) is 0 Å². The molecule has 4 nitrogen and oxygen atoms in total. The van der Waals surface area contributed by atoms with Gasteiger partial charge in [0.1, 0.15) is 5.69 Å².